The van der Waals surface area contributed by atoms with Crippen LogP contribution in [0.2, 0.25) is 0 Å². The van der Waals surface area contributed by atoms with Gasteiger partial charge in [-0.05, 0) is 0 Å². The Bertz CT molecular complexity index is 425. The van der Waals surface area contributed by atoms with E-state index in [4.69, 9.17) is 9.84 Å². The maximum absolute atomic E-state index is 11.6. The molecule has 2 heterocycles. The zero-order chi connectivity index (χ0) is 13.0. The highest BCUT2D eigenvalue weighted by Gasteiger charge is 2.43. The number of carbonyl (C=O) groups excluding carboxylic acids is 1. The lowest BCUT2D eigenvalue weighted by Gasteiger charge is -2.23. The van der Waals surface area contributed by atoms with Crippen LogP contribution in [0.3, 0.4) is 0 Å². The topological polar surface area (TPSA) is 116 Å². The van der Waals surface area contributed by atoms with Gasteiger partial charge in [-0.1, -0.05) is 0 Å². The fourth-order valence-corrected chi connectivity index (χ4v) is 1.71. The number of nitrogens with one attached hydrogen (secondary N) is 3. The monoisotopic (exact) mass is 254 g/mol. The molecule has 1 fully saturated rings. The Morgan fingerprint density at radius 1 is 1.61 bits per heavy atom. The van der Waals surface area contributed by atoms with Gasteiger partial charge in [0.15, 0.2) is 5.54 Å². The van der Waals surface area contributed by atoms with Gasteiger partial charge in [0.05, 0.1) is 13.2 Å². The van der Waals surface area contributed by atoms with E-state index in [0.717, 1.165) is 0 Å². The number of urea groups is 1. The average Bonchev–Trinajstić information content (AvgIpc) is 2.97. The fraction of sp³-hybridized carbons (Fsp3) is 0.500. The molecule has 98 valence electrons. The molecule has 8 nitrogen and oxygen atoms in total. The first kappa shape index (κ1) is 12.4. The molecule has 18 heavy (non-hydrogen) atoms. The molecule has 1 aliphatic rings. The van der Waals surface area contributed by atoms with Crippen molar-refractivity contribution in [2.75, 3.05) is 13.2 Å². The standard InChI is InChI=1S/C10H14N4O4/c15-8(16)10(1-4-18-6-10)14-9(17)13-5-7-11-2-3-12-7/h2-3H,1,4-6H2,(H,11,12)(H,15,16)(H2,13,14,17). The van der Waals surface area contributed by atoms with Crippen molar-refractivity contribution >= 4 is 12.0 Å². The van der Waals surface area contributed by atoms with Crippen LogP contribution in [-0.2, 0) is 16.1 Å². The smallest absolute Gasteiger partial charge is 0.332 e. The normalized spacial score (nSPS) is 22.7. The number of carboxylic acids is 1. The number of nitrogens with zero attached hydrogens (tertiary/aromatic N) is 1. The van der Waals surface area contributed by atoms with Crippen LogP contribution in [0.25, 0.3) is 0 Å². The molecule has 1 aromatic rings. The lowest BCUT2D eigenvalue weighted by Crippen LogP contribution is -2.57. The second-order valence-corrected chi connectivity index (χ2v) is 4.03. The van der Waals surface area contributed by atoms with E-state index in [1.807, 2.05) is 0 Å². The maximum Gasteiger partial charge on any atom is 0.332 e. The number of carbonyl (C=O) groups is 2. The number of hydrogen-bond acceptors (Lipinski definition) is 4. The summed E-state index contributed by atoms with van der Waals surface area (Å²) in [5, 5.41) is 14.1. The van der Waals surface area contributed by atoms with E-state index in [2.05, 4.69) is 20.6 Å². The number of aliphatic carboxylic acids is 1. The summed E-state index contributed by atoms with van der Waals surface area (Å²) >= 11 is 0. The van der Waals surface area contributed by atoms with Gasteiger partial charge in [-0.3, -0.25) is 0 Å². The molecule has 0 aromatic carbocycles. The molecule has 2 amide bonds. The zero-order valence-electron chi connectivity index (χ0n) is 9.60. The number of hydrogen-bond donors (Lipinski definition) is 4. The second-order valence-electron chi connectivity index (χ2n) is 4.03. The summed E-state index contributed by atoms with van der Waals surface area (Å²) < 4.78 is 5.03. The molecule has 1 saturated heterocycles. The number of carboxylic acid groups (broad SMARTS) is 1. The molecule has 8 heteroatoms. The van der Waals surface area contributed by atoms with Crippen molar-refractivity contribution in [1.29, 1.82) is 0 Å². The van der Waals surface area contributed by atoms with Crippen molar-refractivity contribution in [2.45, 2.75) is 18.5 Å². The molecule has 0 bridgehead atoms. The molecule has 0 saturated carbocycles. The van der Waals surface area contributed by atoms with Gasteiger partial charge >= 0.3 is 12.0 Å². The highest BCUT2D eigenvalue weighted by atomic mass is 16.5. The summed E-state index contributed by atoms with van der Waals surface area (Å²) in [6.45, 7) is 0.511. The molecule has 0 spiro atoms. The number of ether oxygens (including phenoxy) is 1. The van der Waals surface area contributed by atoms with Gasteiger partial charge < -0.3 is 25.5 Å². The predicted molar refractivity (Wildman–Crippen MR) is 59.8 cm³/mol. The number of rotatable bonds is 4. The van der Waals surface area contributed by atoms with E-state index in [1.54, 1.807) is 12.4 Å². The van der Waals surface area contributed by atoms with Crippen molar-refractivity contribution in [3.05, 3.63) is 18.2 Å². The molecule has 1 unspecified atom stereocenters. The summed E-state index contributed by atoms with van der Waals surface area (Å²) in [4.78, 5) is 29.5. The van der Waals surface area contributed by atoms with E-state index in [1.165, 1.54) is 0 Å². The number of amides is 2. The van der Waals surface area contributed by atoms with E-state index < -0.39 is 17.5 Å². The van der Waals surface area contributed by atoms with Gasteiger partial charge in [0.25, 0.3) is 0 Å². The quantitative estimate of drug-likeness (QED) is 0.575. The number of aromatic nitrogens is 2. The van der Waals surface area contributed by atoms with Crippen molar-refractivity contribution in [3.8, 4) is 0 Å². The lowest BCUT2D eigenvalue weighted by atomic mass is 9.99. The Hall–Kier alpha value is -2.09. The molecule has 1 atom stereocenters. The first-order valence-electron chi connectivity index (χ1n) is 5.48. The van der Waals surface area contributed by atoms with Crippen LogP contribution in [0.5, 0.6) is 0 Å². The van der Waals surface area contributed by atoms with Crippen LogP contribution >= 0.6 is 0 Å². The third-order valence-electron chi connectivity index (χ3n) is 2.76. The summed E-state index contributed by atoms with van der Waals surface area (Å²) in [6.07, 6.45) is 3.47. The van der Waals surface area contributed by atoms with E-state index in [9.17, 15) is 9.59 Å². The van der Waals surface area contributed by atoms with Crippen LogP contribution < -0.4 is 10.6 Å². The minimum Gasteiger partial charge on any atom is -0.479 e. The summed E-state index contributed by atoms with van der Waals surface area (Å²) in [5.41, 5.74) is -1.33. The van der Waals surface area contributed by atoms with Gasteiger partial charge in [0, 0.05) is 25.4 Å². The molecule has 0 radical (unpaired) electrons. The van der Waals surface area contributed by atoms with E-state index >= 15 is 0 Å². The summed E-state index contributed by atoms with van der Waals surface area (Å²) in [5.74, 6) is -0.495. The lowest BCUT2D eigenvalue weighted by molar-refractivity contribution is -0.144. The Labute approximate surface area is 103 Å². The Morgan fingerprint density at radius 3 is 3.00 bits per heavy atom. The van der Waals surface area contributed by atoms with Crippen molar-refractivity contribution < 1.29 is 19.4 Å². The number of imidazole rings is 1. The molecule has 4 N–H and O–H groups in total. The van der Waals surface area contributed by atoms with Gasteiger partial charge in [0.2, 0.25) is 0 Å². The van der Waals surface area contributed by atoms with Gasteiger partial charge in [0.1, 0.15) is 5.82 Å². The maximum atomic E-state index is 11.6. The average molecular weight is 254 g/mol. The van der Waals surface area contributed by atoms with Crippen LogP contribution in [0.4, 0.5) is 4.79 Å². The van der Waals surface area contributed by atoms with Crippen LogP contribution in [0.15, 0.2) is 12.4 Å². The molecule has 1 aliphatic heterocycles. The highest BCUT2D eigenvalue weighted by Crippen LogP contribution is 2.18. The zero-order valence-corrected chi connectivity index (χ0v) is 9.60. The predicted octanol–water partition coefficient (Wildman–Crippen LogP) is -0.547. The molecular formula is C10H14N4O4. The largest absolute Gasteiger partial charge is 0.479 e. The highest BCUT2D eigenvalue weighted by molar-refractivity contribution is 5.86. The van der Waals surface area contributed by atoms with Crippen molar-refractivity contribution in [1.82, 2.24) is 20.6 Å². The van der Waals surface area contributed by atoms with Gasteiger partial charge in [-0.15, -0.1) is 0 Å². The molecular weight excluding hydrogens is 240 g/mol. The van der Waals surface area contributed by atoms with Crippen molar-refractivity contribution in [3.63, 3.8) is 0 Å². The fourth-order valence-electron chi connectivity index (χ4n) is 1.71. The first-order chi connectivity index (χ1) is 8.62. The second kappa shape index (κ2) is 5.05. The SMILES string of the molecule is O=C(NCc1ncc[nH]1)NC1(C(=O)O)CCOC1. The summed E-state index contributed by atoms with van der Waals surface area (Å²) in [6, 6.07) is -0.556. The van der Waals surface area contributed by atoms with Crippen LogP contribution in [-0.4, -0.2) is 45.8 Å². The minimum atomic E-state index is -1.33. The first-order valence-corrected chi connectivity index (χ1v) is 5.48. The summed E-state index contributed by atoms with van der Waals surface area (Å²) in [7, 11) is 0. The van der Waals surface area contributed by atoms with Crippen LogP contribution in [0, 0.1) is 0 Å². The van der Waals surface area contributed by atoms with Crippen LogP contribution in [0.1, 0.15) is 12.2 Å². The van der Waals surface area contributed by atoms with E-state index in [-0.39, 0.29) is 19.6 Å². The molecule has 2 rings (SSSR count). The minimum absolute atomic E-state index is 0.0174. The Morgan fingerprint density at radius 2 is 2.44 bits per heavy atom. The van der Waals surface area contributed by atoms with Crippen molar-refractivity contribution in [2.24, 2.45) is 0 Å². The number of aromatic amines is 1. The number of H-pyrrole nitrogens is 1. The van der Waals surface area contributed by atoms with Gasteiger partial charge in [-0.2, -0.15) is 0 Å². The molecule has 1 aromatic heterocycles. The van der Waals surface area contributed by atoms with Gasteiger partial charge in [-0.25, -0.2) is 14.6 Å². The van der Waals surface area contributed by atoms with E-state index in [0.29, 0.717) is 12.4 Å². The Kier molecular flexibility index (Phi) is 3.47. The third kappa shape index (κ3) is 2.59. The third-order valence-corrected chi connectivity index (χ3v) is 2.76. The molecule has 0 aliphatic carbocycles. The Balaban J connectivity index is 1.88.